The molecule has 1 aliphatic carbocycles. The van der Waals surface area contributed by atoms with Crippen molar-refractivity contribution in [2.45, 2.75) is 37.8 Å². The zero-order valence-corrected chi connectivity index (χ0v) is 12.7. The number of carbonyl (C=O) groups is 1. The van der Waals surface area contributed by atoms with Crippen LogP contribution in [-0.2, 0) is 0 Å². The molecule has 2 aliphatic rings. The van der Waals surface area contributed by atoms with Gasteiger partial charge in [-0.1, -0.05) is 0 Å². The van der Waals surface area contributed by atoms with E-state index in [0.717, 1.165) is 12.8 Å². The van der Waals surface area contributed by atoms with Crippen LogP contribution in [-0.4, -0.2) is 35.7 Å². The first-order chi connectivity index (χ1) is 9.91. The van der Waals surface area contributed by atoms with E-state index in [1.54, 1.807) is 6.92 Å². The molecule has 3 rings (SSSR count). The minimum atomic E-state index is -0.762. The highest BCUT2D eigenvalue weighted by Crippen LogP contribution is 2.40. The van der Waals surface area contributed by atoms with E-state index in [1.807, 2.05) is 4.90 Å². The Morgan fingerprint density at radius 2 is 2.33 bits per heavy atom. The molecular formula is C14H18N4O2S. The molecule has 2 heterocycles. The van der Waals surface area contributed by atoms with Gasteiger partial charge >= 0.3 is 0 Å². The first-order valence-corrected chi connectivity index (χ1v) is 7.83. The van der Waals surface area contributed by atoms with Gasteiger partial charge in [-0.3, -0.25) is 4.79 Å². The molecule has 6 nitrogen and oxygen atoms in total. The lowest BCUT2D eigenvalue weighted by molar-refractivity contribution is 0.0839. The Kier molecular flexibility index (Phi) is 3.30. The first kappa shape index (κ1) is 14.2. The summed E-state index contributed by atoms with van der Waals surface area (Å²) < 4.78 is 0. The van der Waals surface area contributed by atoms with Crippen molar-refractivity contribution in [2.24, 2.45) is 0 Å². The molecule has 112 valence electrons. The number of nitrogens with zero attached hydrogens (tertiary/aromatic N) is 2. The Hall–Kier alpha value is -1.78. The van der Waals surface area contributed by atoms with Crippen molar-refractivity contribution in [3.63, 3.8) is 0 Å². The smallest absolute Gasteiger partial charge is 0.263 e. The average molecular weight is 306 g/mol. The van der Waals surface area contributed by atoms with Gasteiger partial charge in [0.05, 0.1) is 11.3 Å². The summed E-state index contributed by atoms with van der Waals surface area (Å²) in [6, 6.07) is 2.34. The summed E-state index contributed by atoms with van der Waals surface area (Å²) in [5, 5.41) is 23.0. The molecule has 1 saturated carbocycles. The number of nitrogens with one attached hydrogen (secondary N) is 1. The zero-order valence-electron chi connectivity index (χ0n) is 11.8. The van der Waals surface area contributed by atoms with Crippen molar-refractivity contribution in [1.29, 1.82) is 5.26 Å². The number of rotatable bonds is 3. The number of aliphatic hydroxyl groups is 1. The summed E-state index contributed by atoms with van der Waals surface area (Å²) >= 11 is 1.24. The predicted molar refractivity (Wildman–Crippen MR) is 81.4 cm³/mol. The maximum Gasteiger partial charge on any atom is 0.263 e. The van der Waals surface area contributed by atoms with Crippen LogP contribution >= 0.6 is 11.3 Å². The number of β-amino-alcohol motifs (C(OH)–C–C–N with tert-alkyl or cyclic N) is 1. The fourth-order valence-corrected chi connectivity index (χ4v) is 3.63. The maximum atomic E-state index is 12.2. The topological polar surface area (TPSA) is 102 Å². The summed E-state index contributed by atoms with van der Waals surface area (Å²) in [6.07, 6.45) is 2.65. The second-order valence-electron chi connectivity index (χ2n) is 6.05. The van der Waals surface area contributed by atoms with E-state index >= 15 is 0 Å². The van der Waals surface area contributed by atoms with Crippen molar-refractivity contribution < 1.29 is 9.90 Å². The average Bonchev–Trinajstić information content (AvgIpc) is 3.06. The molecular weight excluding hydrogens is 288 g/mol. The number of nitrogen functional groups attached to an aromatic ring is 1. The molecule has 1 aliphatic heterocycles. The van der Waals surface area contributed by atoms with E-state index < -0.39 is 5.60 Å². The van der Waals surface area contributed by atoms with Crippen molar-refractivity contribution in [3.05, 3.63) is 10.4 Å². The van der Waals surface area contributed by atoms with Crippen LogP contribution in [0.5, 0.6) is 0 Å². The number of thiophene rings is 1. The molecule has 21 heavy (non-hydrogen) atoms. The molecule has 1 amide bonds. The Balaban J connectivity index is 1.90. The Labute approximate surface area is 127 Å². The van der Waals surface area contributed by atoms with Gasteiger partial charge in [0.25, 0.3) is 5.91 Å². The molecule has 7 heteroatoms. The molecule has 1 aromatic rings. The largest absolute Gasteiger partial charge is 0.396 e. The third-order valence-corrected chi connectivity index (χ3v) is 5.16. The summed E-state index contributed by atoms with van der Waals surface area (Å²) in [7, 11) is 0. The Morgan fingerprint density at radius 3 is 2.86 bits per heavy atom. The molecule has 0 radical (unpaired) electrons. The minimum absolute atomic E-state index is 0.200. The number of carbonyl (C=O) groups excluding carboxylic acids is 1. The van der Waals surface area contributed by atoms with Crippen molar-refractivity contribution >= 4 is 27.9 Å². The SMILES string of the molecule is CC1(O)CCN(c2sc(C(=O)NC3CC3)c(N)c2C#N)C1. The van der Waals surface area contributed by atoms with Crippen LogP contribution in [0.25, 0.3) is 0 Å². The minimum Gasteiger partial charge on any atom is -0.396 e. The van der Waals surface area contributed by atoms with Crippen LogP contribution in [0.2, 0.25) is 0 Å². The number of nitrogens with two attached hydrogens (primary N) is 1. The van der Waals surface area contributed by atoms with Gasteiger partial charge in [0.15, 0.2) is 0 Å². The van der Waals surface area contributed by atoms with Crippen LogP contribution in [0.4, 0.5) is 10.7 Å². The zero-order chi connectivity index (χ0) is 15.2. The quantitative estimate of drug-likeness (QED) is 0.775. The first-order valence-electron chi connectivity index (χ1n) is 7.02. The van der Waals surface area contributed by atoms with Crippen molar-refractivity contribution in [3.8, 4) is 6.07 Å². The lowest BCUT2D eigenvalue weighted by Crippen LogP contribution is -2.29. The van der Waals surface area contributed by atoms with Crippen LogP contribution < -0.4 is 16.0 Å². The molecule has 0 bridgehead atoms. The van der Waals surface area contributed by atoms with E-state index in [-0.39, 0.29) is 17.6 Å². The van der Waals surface area contributed by atoms with Gasteiger partial charge in [-0.15, -0.1) is 11.3 Å². The Bertz CT molecular complexity index is 628. The monoisotopic (exact) mass is 306 g/mol. The van der Waals surface area contributed by atoms with Gasteiger partial charge < -0.3 is 21.1 Å². The summed E-state index contributed by atoms with van der Waals surface area (Å²) in [5.41, 5.74) is 5.82. The van der Waals surface area contributed by atoms with E-state index in [9.17, 15) is 15.2 Å². The molecule has 1 unspecified atom stereocenters. The van der Waals surface area contributed by atoms with Crippen LogP contribution in [0.3, 0.4) is 0 Å². The van der Waals surface area contributed by atoms with Gasteiger partial charge in [-0.2, -0.15) is 5.26 Å². The van der Waals surface area contributed by atoms with E-state index in [1.165, 1.54) is 11.3 Å². The van der Waals surface area contributed by atoms with E-state index in [0.29, 0.717) is 35.0 Å². The second kappa shape index (κ2) is 4.90. The summed E-state index contributed by atoms with van der Waals surface area (Å²) in [4.78, 5) is 14.5. The lowest BCUT2D eigenvalue weighted by atomic mass is 10.1. The summed E-state index contributed by atoms with van der Waals surface area (Å²) in [6.45, 7) is 2.88. The third-order valence-electron chi connectivity index (χ3n) is 3.90. The van der Waals surface area contributed by atoms with Gasteiger partial charge in [-0.25, -0.2) is 0 Å². The molecule has 2 fully saturated rings. The highest BCUT2D eigenvalue weighted by molar-refractivity contribution is 7.19. The maximum absolute atomic E-state index is 12.2. The number of anilines is 2. The molecule has 1 aromatic heterocycles. The van der Waals surface area contributed by atoms with Crippen molar-refractivity contribution in [2.75, 3.05) is 23.7 Å². The number of nitriles is 1. The van der Waals surface area contributed by atoms with Crippen LogP contribution in [0, 0.1) is 11.3 Å². The second-order valence-corrected chi connectivity index (χ2v) is 7.05. The molecule has 0 spiro atoms. The lowest BCUT2D eigenvalue weighted by Gasteiger charge is -2.19. The fraction of sp³-hybridized carbons (Fsp3) is 0.571. The highest BCUT2D eigenvalue weighted by atomic mass is 32.1. The fourth-order valence-electron chi connectivity index (χ4n) is 2.53. The van der Waals surface area contributed by atoms with Gasteiger partial charge in [0.1, 0.15) is 21.5 Å². The van der Waals surface area contributed by atoms with E-state index in [4.69, 9.17) is 5.73 Å². The van der Waals surface area contributed by atoms with Crippen LogP contribution in [0.1, 0.15) is 41.4 Å². The third kappa shape index (κ3) is 2.69. The normalized spacial score (nSPS) is 24.9. The van der Waals surface area contributed by atoms with Crippen LogP contribution in [0.15, 0.2) is 0 Å². The molecule has 0 aromatic carbocycles. The number of hydrogen-bond acceptors (Lipinski definition) is 6. The number of amides is 1. The van der Waals surface area contributed by atoms with Gasteiger partial charge in [-0.05, 0) is 26.2 Å². The predicted octanol–water partition coefficient (Wildman–Crippen LogP) is 1.06. The Morgan fingerprint density at radius 1 is 1.62 bits per heavy atom. The molecule has 1 saturated heterocycles. The standard InChI is InChI=1S/C14H18N4O2S/c1-14(20)4-5-18(7-14)13-9(6-15)10(16)11(21-13)12(19)17-8-2-3-8/h8,20H,2-5,7,16H2,1H3,(H,17,19). The van der Waals surface area contributed by atoms with E-state index in [2.05, 4.69) is 11.4 Å². The molecule has 1 atom stereocenters. The van der Waals surface area contributed by atoms with Crippen molar-refractivity contribution in [1.82, 2.24) is 5.32 Å². The van der Waals surface area contributed by atoms with Gasteiger partial charge in [0.2, 0.25) is 0 Å². The summed E-state index contributed by atoms with van der Waals surface area (Å²) in [5.74, 6) is -0.200. The highest BCUT2D eigenvalue weighted by Gasteiger charge is 2.35. The molecule has 4 N–H and O–H groups in total. The number of hydrogen-bond donors (Lipinski definition) is 3. The van der Waals surface area contributed by atoms with Gasteiger partial charge in [0, 0.05) is 19.1 Å².